The maximum Gasteiger partial charge on any atom is 0.291 e. The van der Waals surface area contributed by atoms with Crippen LogP contribution in [0.15, 0.2) is 65.4 Å². The van der Waals surface area contributed by atoms with Crippen molar-refractivity contribution in [3.8, 4) is 6.07 Å². The summed E-state index contributed by atoms with van der Waals surface area (Å²) in [5, 5.41) is 15.0. The minimum Gasteiger partial charge on any atom is -0.459 e. The number of hydrogen-bond acceptors (Lipinski definition) is 5. The van der Waals surface area contributed by atoms with Crippen molar-refractivity contribution in [2.75, 3.05) is 10.6 Å². The van der Waals surface area contributed by atoms with Crippen molar-refractivity contribution in [1.29, 1.82) is 5.26 Å². The first-order valence-electron chi connectivity index (χ1n) is 7.29. The highest BCUT2D eigenvalue weighted by Gasteiger charge is 2.09. The van der Waals surface area contributed by atoms with Gasteiger partial charge in [-0.05, 0) is 42.0 Å². The van der Waals surface area contributed by atoms with Crippen LogP contribution in [0.1, 0.15) is 21.7 Å². The zero-order chi connectivity index (χ0) is 16.8. The van der Waals surface area contributed by atoms with E-state index in [2.05, 4.69) is 21.7 Å². The van der Waals surface area contributed by atoms with Gasteiger partial charge in [-0.1, -0.05) is 12.1 Å². The third-order valence-electron chi connectivity index (χ3n) is 3.32. The fraction of sp³-hybridized carbons (Fsp3) is 0.0556. The summed E-state index contributed by atoms with van der Waals surface area (Å²) in [5.41, 5.74) is 2.10. The van der Waals surface area contributed by atoms with Crippen LogP contribution in [-0.4, -0.2) is 10.9 Å². The number of nitrogens with one attached hydrogen (secondary N) is 2. The average molecular weight is 318 g/mol. The van der Waals surface area contributed by atoms with E-state index in [1.807, 2.05) is 18.2 Å². The molecule has 0 aliphatic carbocycles. The number of benzene rings is 1. The van der Waals surface area contributed by atoms with Crippen molar-refractivity contribution < 1.29 is 9.21 Å². The molecule has 2 heterocycles. The Morgan fingerprint density at radius 1 is 1.21 bits per heavy atom. The maximum atomic E-state index is 12.0. The number of nitriles is 1. The Hall–Kier alpha value is -3.59. The molecule has 2 N–H and O–H groups in total. The molecule has 0 spiro atoms. The third kappa shape index (κ3) is 3.59. The molecule has 2 aromatic heterocycles. The first kappa shape index (κ1) is 15.3. The lowest BCUT2D eigenvalue weighted by Gasteiger charge is -2.09. The summed E-state index contributed by atoms with van der Waals surface area (Å²) in [6.45, 7) is 0.482. The van der Waals surface area contributed by atoms with E-state index in [0.717, 1.165) is 5.56 Å². The molecule has 24 heavy (non-hydrogen) atoms. The van der Waals surface area contributed by atoms with E-state index in [9.17, 15) is 4.79 Å². The fourth-order valence-electron chi connectivity index (χ4n) is 2.18. The van der Waals surface area contributed by atoms with E-state index in [4.69, 9.17) is 9.68 Å². The number of anilines is 2. The van der Waals surface area contributed by atoms with E-state index in [-0.39, 0.29) is 11.7 Å². The lowest BCUT2D eigenvalue weighted by molar-refractivity contribution is 0.0996. The number of rotatable bonds is 5. The number of amides is 1. The third-order valence-corrected chi connectivity index (χ3v) is 3.32. The van der Waals surface area contributed by atoms with Crippen LogP contribution in [0.4, 0.5) is 11.5 Å². The molecule has 0 fully saturated rings. The molecule has 118 valence electrons. The highest BCUT2D eigenvalue weighted by atomic mass is 16.3. The molecule has 0 radical (unpaired) electrons. The molecule has 6 nitrogen and oxygen atoms in total. The highest BCUT2D eigenvalue weighted by Crippen LogP contribution is 2.15. The van der Waals surface area contributed by atoms with Gasteiger partial charge in [-0.25, -0.2) is 4.98 Å². The van der Waals surface area contributed by atoms with Crippen molar-refractivity contribution in [1.82, 2.24) is 4.98 Å². The Kier molecular flexibility index (Phi) is 4.54. The molecule has 0 saturated heterocycles. The number of furan rings is 1. The second kappa shape index (κ2) is 7.11. The first-order valence-corrected chi connectivity index (χ1v) is 7.29. The highest BCUT2D eigenvalue weighted by molar-refractivity contribution is 6.02. The molecule has 0 aliphatic heterocycles. The van der Waals surface area contributed by atoms with Gasteiger partial charge in [0.15, 0.2) is 5.76 Å². The quantitative estimate of drug-likeness (QED) is 0.752. The number of pyridine rings is 1. The Balaban J connectivity index is 1.67. The van der Waals surface area contributed by atoms with Gasteiger partial charge in [0, 0.05) is 18.4 Å². The largest absolute Gasteiger partial charge is 0.459 e. The number of carbonyl (C=O) groups excluding carboxylic acids is 1. The van der Waals surface area contributed by atoms with Gasteiger partial charge >= 0.3 is 0 Å². The van der Waals surface area contributed by atoms with Crippen LogP contribution in [-0.2, 0) is 6.54 Å². The predicted molar refractivity (Wildman–Crippen MR) is 89.4 cm³/mol. The SMILES string of the molecule is N#Cc1cccnc1NCc1cccc(NC(=O)c2ccco2)c1. The van der Waals surface area contributed by atoms with Crippen LogP contribution in [0.2, 0.25) is 0 Å². The molecule has 1 aromatic carbocycles. The zero-order valence-electron chi connectivity index (χ0n) is 12.7. The molecule has 0 aliphatic rings. The van der Waals surface area contributed by atoms with Crippen LogP contribution >= 0.6 is 0 Å². The summed E-state index contributed by atoms with van der Waals surface area (Å²) in [5.74, 6) is 0.484. The van der Waals surface area contributed by atoms with Crippen molar-refractivity contribution >= 4 is 17.4 Å². The van der Waals surface area contributed by atoms with Gasteiger partial charge < -0.3 is 15.1 Å². The topological polar surface area (TPSA) is 91.0 Å². The van der Waals surface area contributed by atoms with Gasteiger partial charge in [-0.2, -0.15) is 5.26 Å². The van der Waals surface area contributed by atoms with E-state index < -0.39 is 0 Å². The van der Waals surface area contributed by atoms with E-state index in [1.165, 1.54) is 6.26 Å². The number of hydrogen-bond donors (Lipinski definition) is 2. The standard InChI is InChI=1S/C18H14N4O2/c19-11-14-5-2-8-20-17(14)21-12-13-4-1-6-15(10-13)22-18(23)16-7-3-9-24-16/h1-10H,12H2,(H,20,21)(H,22,23). The molecule has 0 atom stereocenters. The molecule has 0 bridgehead atoms. The van der Waals surface area contributed by atoms with Crippen molar-refractivity contribution in [3.05, 3.63) is 77.9 Å². The molecular weight excluding hydrogens is 304 g/mol. The van der Waals surface area contributed by atoms with Crippen LogP contribution in [0.5, 0.6) is 0 Å². The normalized spacial score (nSPS) is 9.96. The summed E-state index contributed by atoms with van der Waals surface area (Å²) < 4.78 is 5.07. The fourth-order valence-corrected chi connectivity index (χ4v) is 2.18. The first-order chi connectivity index (χ1) is 11.8. The summed E-state index contributed by atoms with van der Waals surface area (Å²) in [4.78, 5) is 16.1. The lowest BCUT2D eigenvalue weighted by Crippen LogP contribution is -2.11. The molecule has 6 heteroatoms. The molecule has 0 saturated carbocycles. The van der Waals surface area contributed by atoms with Gasteiger partial charge in [-0.3, -0.25) is 4.79 Å². The Morgan fingerprint density at radius 2 is 2.12 bits per heavy atom. The molecule has 0 unspecified atom stereocenters. The predicted octanol–water partition coefficient (Wildman–Crippen LogP) is 3.41. The Bertz CT molecular complexity index is 882. The Morgan fingerprint density at radius 3 is 2.92 bits per heavy atom. The molecule has 1 amide bonds. The van der Waals surface area contributed by atoms with Crippen LogP contribution < -0.4 is 10.6 Å². The smallest absolute Gasteiger partial charge is 0.291 e. The zero-order valence-corrected chi connectivity index (χ0v) is 12.7. The van der Waals surface area contributed by atoms with E-state index >= 15 is 0 Å². The summed E-state index contributed by atoms with van der Waals surface area (Å²) >= 11 is 0. The molecule has 3 aromatic rings. The van der Waals surface area contributed by atoms with Gasteiger partial charge in [0.2, 0.25) is 0 Å². The minimum atomic E-state index is -0.304. The van der Waals surface area contributed by atoms with Gasteiger partial charge in [0.05, 0.1) is 11.8 Å². The number of carbonyl (C=O) groups is 1. The average Bonchev–Trinajstić information content (AvgIpc) is 3.15. The number of aromatic nitrogens is 1. The lowest BCUT2D eigenvalue weighted by atomic mass is 10.2. The summed E-state index contributed by atoms with van der Waals surface area (Å²) in [6.07, 6.45) is 3.08. The monoisotopic (exact) mass is 318 g/mol. The summed E-state index contributed by atoms with van der Waals surface area (Å²) in [6, 6.07) is 16.2. The van der Waals surface area contributed by atoms with Crippen molar-refractivity contribution in [2.24, 2.45) is 0 Å². The maximum absolute atomic E-state index is 12.0. The van der Waals surface area contributed by atoms with E-state index in [1.54, 1.807) is 36.5 Å². The molecular formula is C18H14N4O2. The minimum absolute atomic E-state index is 0.255. The second-order valence-corrected chi connectivity index (χ2v) is 5.00. The number of nitrogens with zero attached hydrogens (tertiary/aromatic N) is 2. The van der Waals surface area contributed by atoms with Gasteiger partial charge in [-0.15, -0.1) is 0 Å². The van der Waals surface area contributed by atoms with Crippen LogP contribution in [0.25, 0.3) is 0 Å². The summed E-state index contributed by atoms with van der Waals surface area (Å²) in [7, 11) is 0. The van der Waals surface area contributed by atoms with Gasteiger partial charge in [0.1, 0.15) is 11.9 Å². The van der Waals surface area contributed by atoms with Crippen LogP contribution in [0, 0.1) is 11.3 Å². The van der Waals surface area contributed by atoms with Gasteiger partial charge in [0.25, 0.3) is 5.91 Å². The van der Waals surface area contributed by atoms with Crippen LogP contribution in [0.3, 0.4) is 0 Å². The van der Waals surface area contributed by atoms with Crippen molar-refractivity contribution in [2.45, 2.75) is 6.54 Å². The van der Waals surface area contributed by atoms with E-state index in [0.29, 0.717) is 23.6 Å². The second-order valence-electron chi connectivity index (χ2n) is 5.00. The Labute approximate surface area is 138 Å². The molecule has 3 rings (SSSR count). The van der Waals surface area contributed by atoms with Crippen molar-refractivity contribution in [3.63, 3.8) is 0 Å².